The molecule has 0 aliphatic heterocycles. The Kier molecular flexibility index (Phi) is 5.33. The minimum absolute atomic E-state index is 0. The molecule has 0 unspecified atom stereocenters. The third kappa shape index (κ3) is 4.25. The van der Waals surface area contributed by atoms with Gasteiger partial charge in [0, 0.05) is 0 Å². The maximum Gasteiger partial charge on any atom is 1.00 e. The Morgan fingerprint density at radius 1 is 0.750 bits per heavy atom. The van der Waals surface area contributed by atoms with Crippen LogP contribution < -0.4 is 56.5 Å². The number of alkyl halides is 6. The SMILES string of the molecule is [K+].[O-]c1cc(C(F)(F)F)cc(C(F)(F)F)c1. The number of benzene rings is 1. The second kappa shape index (κ2) is 5.26. The molecule has 8 heteroatoms. The molecule has 0 spiro atoms. The van der Waals surface area contributed by atoms with Crippen LogP contribution in [0.5, 0.6) is 5.75 Å². The predicted molar refractivity (Wildman–Crippen MR) is 35.9 cm³/mol. The van der Waals surface area contributed by atoms with E-state index in [2.05, 4.69) is 0 Å². The van der Waals surface area contributed by atoms with Crippen LogP contribution in [-0.4, -0.2) is 0 Å². The van der Waals surface area contributed by atoms with Gasteiger partial charge in [-0.2, -0.15) is 26.3 Å². The average Bonchev–Trinajstić information content (AvgIpc) is 1.99. The van der Waals surface area contributed by atoms with E-state index in [1.807, 2.05) is 0 Å². The second-order valence-corrected chi connectivity index (χ2v) is 2.74. The van der Waals surface area contributed by atoms with E-state index in [0.29, 0.717) is 0 Å². The maximum atomic E-state index is 12.0. The summed E-state index contributed by atoms with van der Waals surface area (Å²) >= 11 is 0. The van der Waals surface area contributed by atoms with Crippen molar-refractivity contribution in [2.75, 3.05) is 0 Å². The fraction of sp³-hybridized carbons (Fsp3) is 0.250. The van der Waals surface area contributed by atoms with Crippen LogP contribution in [0.1, 0.15) is 11.1 Å². The van der Waals surface area contributed by atoms with Gasteiger partial charge in [-0.1, -0.05) is 12.1 Å². The number of rotatable bonds is 0. The van der Waals surface area contributed by atoms with Gasteiger partial charge in [0.1, 0.15) is 0 Å². The van der Waals surface area contributed by atoms with Gasteiger partial charge in [0.05, 0.1) is 11.1 Å². The molecule has 0 saturated heterocycles. The van der Waals surface area contributed by atoms with Gasteiger partial charge in [-0.05, 0) is 6.07 Å². The topological polar surface area (TPSA) is 23.1 Å². The van der Waals surface area contributed by atoms with E-state index in [1.165, 1.54) is 0 Å². The number of hydrogen-bond acceptors (Lipinski definition) is 1. The Bertz CT molecular complexity index is 338. The van der Waals surface area contributed by atoms with E-state index in [9.17, 15) is 31.4 Å². The Morgan fingerprint density at radius 2 is 1.06 bits per heavy atom. The number of hydrogen-bond donors (Lipinski definition) is 0. The number of halogens is 6. The predicted octanol–water partition coefficient (Wildman–Crippen LogP) is -0.198. The molecule has 1 rings (SSSR count). The Morgan fingerprint density at radius 3 is 1.31 bits per heavy atom. The largest absolute Gasteiger partial charge is 1.00 e. The monoisotopic (exact) mass is 268 g/mol. The van der Waals surface area contributed by atoms with Gasteiger partial charge in [-0.15, -0.1) is 5.75 Å². The zero-order valence-corrected chi connectivity index (χ0v) is 11.0. The quantitative estimate of drug-likeness (QED) is 0.472. The van der Waals surface area contributed by atoms with E-state index in [-0.39, 0.29) is 69.6 Å². The zero-order chi connectivity index (χ0) is 11.9. The fourth-order valence-corrected chi connectivity index (χ4v) is 0.926. The van der Waals surface area contributed by atoms with Crippen LogP contribution >= 0.6 is 0 Å². The van der Waals surface area contributed by atoms with Crippen LogP contribution in [0, 0.1) is 0 Å². The van der Waals surface area contributed by atoms with Crippen LogP contribution in [0.25, 0.3) is 0 Å². The summed E-state index contributed by atoms with van der Waals surface area (Å²) in [4.78, 5) is 0. The molecule has 0 aliphatic rings. The Balaban J connectivity index is 0.00000225. The van der Waals surface area contributed by atoms with Crippen molar-refractivity contribution in [3.05, 3.63) is 29.3 Å². The molecule has 1 aromatic carbocycles. The van der Waals surface area contributed by atoms with Crippen LogP contribution in [0.15, 0.2) is 18.2 Å². The summed E-state index contributed by atoms with van der Waals surface area (Å²) in [6.07, 6.45) is -9.92. The first-order chi connectivity index (χ1) is 6.60. The van der Waals surface area contributed by atoms with Gasteiger partial charge in [0.25, 0.3) is 0 Å². The van der Waals surface area contributed by atoms with E-state index < -0.39 is 29.2 Å². The van der Waals surface area contributed by atoms with Crippen molar-refractivity contribution in [1.29, 1.82) is 0 Å². The molecule has 0 bridgehead atoms. The van der Waals surface area contributed by atoms with E-state index in [4.69, 9.17) is 0 Å². The first kappa shape index (κ1) is 16.2. The molecule has 0 amide bonds. The van der Waals surface area contributed by atoms with Gasteiger partial charge in [-0.25, -0.2) is 0 Å². The molecule has 1 nitrogen and oxygen atoms in total. The summed E-state index contributed by atoms with van der Waals surface area (Å²) in [6, 6.07) is 0.145. The van der Waals surface area contributed by atoms with Crippen LogP contribution in [0.4, 0.5) is 26.3 Å². The molecule has 0 aliphatic carbocycles. The summed E-state index contributed by atoms with van der Waals surface area (Å²) < 4.78 is 72.2. The molecule has 1 aromatic rings. The van der Waals surface area contributed by atoms with Gasteiger partial charge in [-0.3, -0.25) is 0 Å². The zero-order valence-electron chi connectivity index (χ0n) is 7.91. The molecule has 0 radical (unpaired) electrons. The van der Waals surface area contributed by atoms with Crippen LogP contribution in [-0.2, 0) is 12.4 Å². The van der Waals surface area contributed by atoms with Crippen molar-refractivity contribution in [3.63, 3.8) is 0 Å². The molecule has 0 N–H and O–H groups in total. The summed E-state index contributed by atoms with van der Waals surface area (Å²) in [6.45, 7) is 0. The van der Waals surface area contributed by atoms with Crippen molar-refractivity contribution < 1.29 is 82.8 Å². The van der Waals surface area contributed by atoms with E-state index >= 15 is 0 Å². The Labute approximate surface area is 129 Å². The molecular formula is C8H3F6KO. The van der Waals surface area contributed by atoms with Crippen LogP contribution in [0.3, 0.4) is 0 Å². The van der Waals surface area contributed by atoms with Crippen molar-refractivity contribution in [2.45, 2.75) is 12.4 Å². The van der Waals surface area contributed by atoms with Gasteiger partial charge >= 0.3 is 63.7 Å². The molecule has 84 valence electrons. The van der Waals surface area contributed by atoms with Crippen molar-refractivity contribution in [1.82, 2.24) is 0 Å². The molecule has 16 heavy (non-hydrogen) atoms. The standard InChI is InChI=1S/C8H4F6O.K/c9-7(10,11)4-1-5(8(12,13)14)3-6(15)2-4;/h1-3,15H;/q;+1/p-1. The molecule has 0 atom stereocenters. The third-order valence-corrected chi connectivity index (χ3v) is 1.56. The van der Waals surface area contributed by atoms with E-state index in [0.717, 1.165) is 0 Å². The summed E-state index contributed by atoms with van der Waals surface area (Å²) in [5.74, 6) is -1.32. The minimum Gasteiger partial charge on any atom is -0.872 e. The van der Waals surface area contributed by atoms with Gasteiger partial charge in [0.2, 0.25) is 0 Å². The summed E-state index contributed by atoms with van der Waals surface area (Å²) in [5, 5.41) is 10.6. The van der Waals surface area contributed by atoms with Gasteiger partial charge < -0.3 is 5.11 Å². The van der Waals surface area contributed by atoms with Crippen LogP contribution in [0.2, 0.25) is 0 Å². The summed E-state index contributed by atoms with van der Waals surface area (Å²) in [7, 11) is 0. The van der Waals surface area contributed by atoms with Crippen molar-refractivity contribution in [3.8, 4) is 5.75 Å². The maximum absolute atomic E-state index is 12.0. The molecular weight excluding hydrogens is 265 g/mol. The minimum atomic E-state index is -4.96. The van der Waals surface area contributed by atoms with Crippen molar-refractivity contribution >= 4 is 0 Å². The first-order valence-electron chi connectivity index (χ1n) is 3.57. The molecule has 0 saturated carbocycles. The average molecular weight is 268 g/mol. The third-order valence-electron chi connectivity index (χ3n) is 1.56. The first-order valence-corrected chi connectivity index (χ1v) is 3.57. The smallest absolute Gasteiger partial charge is 0.872 e. The second-order valence-electron chi connectivity index (χ2n) is 2.74. The molecule has 0 fully saturated rings. The van der Waals surface area contributed by atoms with Gasteiger partial charge in [0.15, 0.2) is 0 Å². The molecule has 0 aromatic heterocycles. The molecule has 0 heterocycles. The summed E-state index contributed by atoms with van der Waals surface area (Å²) in [5.41, 5.74) is -3.19. The fourth-order valence-electron chi connectivity index (χ4n) is 0.926. The van der Waals surface area contributed by atoms with Crippen molar-refractivity contribution in [2.24, 2.45) is 0 Å². The normalized spacial score (nSPS) is 12.1. The Hall–Kier alpha value is 0.236. The van der Waals surface area contributed by atoms with E-state index in [1.54, 1.807) is 0 Å².